The largest absolute Gasteiger partial charge is 0.399 e. The van der Waals surface area contributed by atoms with E-state index >= 15 is 0 Å². The van der Waals surface area contributed by atoms with Crippen molar-refractivity contribution in [1.29, 1.82) is 0 Å². The highest BCUT2D eigenvalue weighted by atomic mass is 79.9. The summed E-state index contributed by atoms with van der Waals surface area (Å²) in [7, 11) is 0. The van der Waals surface area contributed by atoms with Gasteiger partial charge in [-0.3, -0.25) is 9.36 Å². The molecule has 0 aliphatic carbocycles. The Hall–Kier alpha value is -1.07. The van der Waals surface area contributed by atoms with Crippen LogP contribution in [0.15, 0.2) is 32.8 Å². The van der Waals surface area contributed by atoms with Gasteiger partial charge in [-0.1, -0.05) is 33.3 Å². The van der Waals surface area contributed by atoms with Crippen molar-refractivity contribution in [1.82, 2.24) is 4.57 Å². The van der Waals surface area contributed by atoms with E-state index in [1.54, 1.807) is 4.57 Å². The Morgan fingerprint density at radius 2 is 2.25 bits per heavy atom. The molecule has 84 valence electrons. The third-order valence-electron chi connectivity index (χ3n) is 2.38. The summed E-state index contributed by atoms with van der Waals surface area (Å²) in [6, 6.07) is 5.62. The minimum absolute atomic E-state index is 0.0706. The highest BCUT2D eigenvalue weighted by molar-refractivity contribution is 9.10. The monoisotopic (exact) mass is 298 g/mol. The van der Waals surface area contributed by atoms with E-state index in [1.165, 1.54) is 11.3 Å². The molecule has 0 radical (unpaired) electrons. The van der Waals surface area contributed by atoms with Crippen LogP contribution in [0.1, 0.15) is 11.3 Å². The maximum Gasteiger partial charge on any atom is 0.307 e. The molecule has 0 unspecified atom stereocenters. The average molecular weight is 299 g/mol. The number of rotatable bonds is 2. The molecule has 2 N–H and O–H groups in total. The standard InChI is InChI=1S/C11H11BrN2OS/c1-7-6-16-11(15)14(7)5-8-2-3-9(13)4-10(8)12/h2-4,6H,5,13H2,1H3. The highest BCUT2D eigenvalue weighted by Crippen LogP contribution is 2.21. The van der Waals surface area contributed by atoms with E-state index in [1.807, 2.05) is 30.5 Å². The Labute approximate surface area is 106 Å². The van der Waals surface area contributed by atoms with Crippen molar-refractivity contribution < 1.29 is 0 Å². The number of hydrogen-bond donors (Lipinski definition) is 1. The van der Waals surface area contributed by atoms with Gasteiger partial charge in [0.25, 0.3) is 0 Å². The number of hydrogen-bond acceptors (Lipinski definition) is 3. The number of aromatic nitrogens is 1. The zero-order valence-corrected chi connectivity index (χ0v) is 11.1. The van der Waals surface area contributed by atoms with E-state index in [0.29, 0.717) is 12.2 Å². The van der Waals surface area contributed by atoms with Crippen LogP contribution in [0, 0.1) is 6.92 Å². The second-order valence-electron chi connectivity index (χ2n) is 3.58. The molecule has 2 rings (SSSR count). The Kier molecular flexibility index (Phi) is 3.16. The molecule has 0 amide bonds. The first-order chi connectivity index (χ1) is 7.58. The van der Waals surface area contributed by atoms with E-state index in [2.05, 4.69) is 15.9 Å². The van der Waals surface area contributed by atoms with Crippen LogP contribution in [0.4, 0.5) is 5.69 Å². The first-order valence-electron chi connectivity index (χ1n) is 4.77. The van der Waals surface area contributed by atoms with Gasteiger partial charge in [0.1, 0.15) is 0 Å². The van der Waals surface area contributed by atoms with Crippen LogP contribution >= 0.6 is 27.3 Å². The fraction of sp³-hybridized carbons (Fsp3) is 0.182. The van der Waals surface area contributed by atoms with Crippen LogP contribution in [0.2, 0.25) is 0 Å². The minimum atomic E-state index is 0.0706. The lowest BCUT2D eigenvalue weighted by Gasteiger charge is -2.07. The van der Waals surface area contributed by atoms with Crippen molar-refractivity contribution in [2.75, 3.05) is 5.73 Å². The third-order valence-corrected chi connectivity index (χ3v) is 4.00. The van der Waals surface area contributed by atoms with E-state index in [9.17, 15) is 4.79 Å². The second kappa shape index (κ2) is 4.43. The summed E-state index contributed by atoms with van der Waals surface area (Å²) < 4.78 is 2.69. The first-order valence-corrected chi connectivity index (χ1v) is 6.44. The van der Waals surface area contributed by atoms with Crippen LogP contribution in [0.5, 0.6) is 0 Å². The van der Waals surface area contributed by atoms with Gasteiger partial charge in [-0.15, -0.1) is 0 Å². The molecular formula is C11H11BrN2OS. The zero-order valence-electron chi connectivity index (χ0n) is 8.74. The molecule has 1 aromatic carbocycles. The minimum Gasteiger partial charge on any atom is -0.399 e. The fourth-order valence-corrected chi connectivity index (χ4v) is 2.71. The predicted molar refractivity (Wildman–Crippen MR) is 71.0 cm³/mol. The molecule has 1 heterocycles. The summed E-state index contributed by atoms with van der Waals surface area (Å²) >= 11 is 4.68. The number of aryl methyl sites for hydroxylation is 1. The van der Waals surface area contributed by atoms with Gasteiger partial charge in [-0.05, 0) is 24.6 Å². The van der Waals surface area contributed by atoms with Gasteiger partial charge in [-0.2, -0.15) is 0 Å². The number of anilines is 1. The molecule has 0 fully saturated rings. The first kappa shape index (κ1) is 11.4. The number of nitrogens with two attached hydrogens (primary N) is 1. The van der Waals surface area contributed by atoms with Crippen molar-refractivity contribution in [3.8, 4) is 0 Å². The van der Waals surface area contributed by atoms with Crippen molar-refractivity contribution in [3.05, 3.63) is 49.0 Å². The second-order valence-corrected chi connectivity index (χ2v) is 5.25. The maximum atomic E-state index is 11.6. The fourth-order valence-electron chi connectivity index (χ4n) is 1.46. The number of halogens is 1. The van der Waals surface area contributed by atoms with Gasteiger partial charge in [0.05, 0.1) is 6.54 Å². The maximum absolute atomic E-state index is 11.6. The molecule has 0 atom stereocenters. The van der Waals surface area contributed by atoms with E-state index in [4.69, 9.17) is 5.73 Å². The van der Waals surface area contributed by atoms with Crippen LogP contribution in [0.25, 0.3) is 0 Å². The smallest absolute Gasteiger partial charge is 0.307 e. The molecule has 1 aromatic heterocycles. The van der Waals surface area contributed by atoms with Gasteiger partial charge in [0, 0.05) is 21.2 Å². The molecule has 5 heteroatoms. The summed E-state index contributed by atoms with van der Waals surface area (Å²) in [5, 5.41) is 1.87. The Morgan fingerprint density at radius 1 is 1.50 bits per heavy atom. The average Bonchev–Trinajstić information content (AvgIpc) is 2.53. The van der Waals surface area contributed by atoms with E-state index in [0.717, 1.165) is 15.7 Å². The van der Waals surface area contributed by atoms with Crippen LogP contribution < -0.4 is 10.6 Å². The summed E-state index contributed by atoms with van der Waals surface area (Å²) in [6.07, 6.45) is 0. The Morgan fingerprint density at radius 3 is 2.81 bits per heavy atom. The molecule has 16 heavy (non-hydrogen) atoms. The molecule has 0 saturated carbocycles. The van der Waals surface area contributed by atoms with Crippen LogP contribution in [-0.2, 0) is 6.54 Å². The summed E-state index contributed by atoms with van der Waals surface area (Å²) in [5.74, 6) is 0. The van der Waals surface area contributed by atoms with Crippen molar-refractivity contribution in [2.24, 2.45) is 0 Å². The van der Waals surface area contributed by atoms with E-state index < -0.39 is 0 Å². The lowest BCUT2D eigenvalue weighted by Crippen LogP contribution is -2.15. The normalized spacial score (nSPS) is 10.6. The number of thiazole rings is 1. The highest BCUT2D eigenvalue weighted by Gasteiger charge is 2.06. The molecule has 3 nitrogen and oxygen atoms in total. The number of benzene rings is 1. The Balaban J connectivity index is 2.38. The predicted octanol–water partition coefficient (Wildman–Crippen LogP) is 2.61. The number of nitrogen functional groups attached to an aromatic ring is 1. The van der Waals surface area contributed by atoms with Gasteiger partial charge < -0.3 is 5.73 Å². The molecule has 0 saturated heterocycles. The third kappa shape index (κ3) is 2.20. The van der Waals surface area contributed by atoms with Gasteiger partial charge in [0.15, 0.2) is 0 Å². The van der Waals surface area contributed by atoms with Crippen molar-refractivity contribution >= 4 is 33.0 Å². The summed E-state index contributed by atoms with van der Waals surface area (Å²) in [6.45, 7) is 2.51. The quantitative estimate of drug-likeness (QED) is 0.867. The van der Waals surface area contributed by atoms with Crippen molar-refractivity contribution in [2.45, 2.75) is 13.5 Å². The van der Waals surface area contributed by atoms with E-state index in [-0.39, 0.29) is 4.87 Å². The van der Waals surface area contributed by atoms with Crippen LogP contribution in [0.3, 0.4) is 0 Å². The summed E-state index contributed by atoms with van der Waals surface area (Å²) in [5.41, 5.74) is 8.42. The molecule has 2 aromatic rings. The lowest BCUT2D eigenvalue weighted by molar-refractivity contribution is 0.752. The topological polar surface area (TPSA) is 48.0 Å². The van der Waals surface area contributed by atoms with Gasteiger partial charge in [-0.25, -0.2) is 0 Å². The number of nitrogens with zero attached hydrogens (tertiary/aromatic N) is 1. The molecular weight excluding hydrogens is 288 g/mol. The molecule has 0 aliphatic rings. The van der Waals surface area contributed by atoms with Crippen molar-refractivity contribution in [3.63, 3.8) is 0 Å². The lowest BCUT2D eigenvalue weighted by atomic mass is 10.2. The van der Waals surface area contributed by atoms with Gasteiger partial charge in [0.2, 0.25) is 0 Å². The van der Waals surface area contributed by atoms with Crippen LogP contribution in [-0.4, -0.2) is 4.57 Å². The SMILES string of the molecule is Cc1csc(=O)n1Cc1ccc(N)cc1Br. The molecule has 0 bridgehead atoms. The molecule has 0 spiro atoms. The Bertz CT molecular complexity index is 574. The molecule has 0 aliphatic heterocycles. The zero-order chi connectivity index (χ0) is 11.7. The summed E-state index contributed by atoms with van der Waals surface area (Å²) in [4.78, 5) is 11.6. The van der Waals surface area contributed by atoms with Gasteiger partial charge >= 0.3 is 4.87 Å².